The van der Waals surface area contributed by atoms with E-state index in [0.717, 1.165) is 32.2 Å². The summed E-state index contributed by atoms with van der Waals surface area (Å²) in [4.78, 5) is 15.2. The summed E-state index contributed by atoms with van der Waals surface area (Å²) in [5.74, 6) is 0.809. The number of aryl methyl sites for hydroxylation is 1. The van der Waals surface area contributed by atoms with E-state index in [-0.39, 0.29) is 17.8 Å². The van der Waals surface area contributed by atoms with E-state index in [1.165, 1.54) is 11.1 Å². The molecule has 4 heteroatoms. The Labute approximate surface area is 139 Å². The third-order valence-electron chi connectivity index (χ3n) is 5.42. The van der Waals surface area contributed by atoms with E-state index >= 15 is 0 Å². The molecule has 0 saturated carbocycles. The maximum atomic E-state index is 13.1. The van der Waals surface area contributed by atoms with Crippen LogP contribution in [-0.4, -0.2) is 29.9 Å². The monoisotopic (exact) mass is 322 g/mol. The van der Waals surface area contributed by atoms with Crippen molar-refractivity contribution in [2.24, 2.45) is 17.1 Å². The summed E-state index contributed by atoms with van der Waals surface area (Å²) in [5.41, 5.74) is 8.31. The largest absolute Gasteiger partial charge is 0.339 e. The Bertz CT molecular complexity index is 548. The third-order valence-corrected chi connectivity index (χ3v) is 5.42. The zero-order chi connectivity index (χ0) is 15.0. The number of carbonyl (C=O) groups excluding carboxylic acids is 1. The average Bonchev–Trinajstić information content (AvgIpc) is 2.87. The predicted octanol–water partition coefficient (Wildman–Crippen LogP) is 2.80. The van der Waals surface area contributed by atoms with Crippen molar-refractivity contribution in [1.82, 2.24) is 4.90 Å². The number of benzene rings is 1. The first kappa shape index (κ1) is 17.3. The van der Waals surface area contributed by atoms with Gasteiger partial charge in [0, 0.05) is 12.6 Å². The highest BCUT2D eigenvalue weighted by molar-refractivity contribution is 5.85. The van der Waals surface area contributed by atoms with Gasteiger partial charge in [-0.05, 0) is 56.2 Å². The maximum absolute atomic E-state index is 13.1. The fourth-order valence-electron chi connectivity index (χ4n) is 4.02. The van der Waals surface area contributed by atoms with Gasteiger partial charge in [-0.3, -0.25) is 4.79 Å². The number of likely N-dealkylation sites (tertiary alicyclic amines) is 1. The highest BCUT2D eigenvalue weighted by atomic mass is 35.5. The van der Waals surface area contributed by atoms with E-state index in [1.807, 2.05) is 0 Å². The van der Waals surface area contributed by atoms with Gasteiger partial charge in [0.2, 0.25) is 5.91 Å². The van der Waals surface area contributed by atoms with Crippen molar-refractivity contribution in [2.75, 3.05) is 13.1 Å². The van der Waals surface area contributed by atoms with Crippen molar-refractivity contribution in [3.63, 3.8) is 0 Å². The Kier molecular flexibility index (Phi) is 5.18. The molecule has 1 aliphatic heterocycles. The van der Waals surface area contributed by atoms with Crippen LogP contribution in [0.4, 0.5) is 0 Å². The van der Waals surface area contributed by atoms with Crippen molar-refractivity contribution >= 4 is 18.3 Å². The molecule has 0 radical (unpaired) electrons. The van der Waals surface area contributed by atoms with Crippen LogP contribution in [0.15, 0.2) is 24.3 Å². The Hall–Kier alpha value is -1.06. The lowest BCUT2D eigenvalue weighted by Crippen LogP contribution is -2.46. The minimum Gasteiger partial charge on any atom is -0.339 e. The molecule has 1 fully saturated rings. The lowest BCUT2D eigenvalue weighted by molar-refractivity contribution is -0.142. The lowest BCUT2D eigenvalue weighted by atomic mass is 9.72. The molecule has 2 aliphatic rings. The normalized spacial score (nSPS) is 30.6. The second kappa shape index (κ2) is 6.59. The SMILES string of the molecule is CC1CC(CN)CN1C(=O)C1(C)CCc2ccccc2C1.Cl. The molecule has 0 spiro atoms. The van der Waals surface area contributed by atoms with Crippen molar-refractivity contribution in [3.8, 4) is 0 Å². The molecule has 3 unspecified atom stereocenters. The Balaban J connectivity index is 0.00000176. The molecule has 122 valence electrons. The molecule has 3 atom stereocenters. The summed E-state index contributed by atoms with van der Waals surface area (Å²) in [6, 6.07) is 8.88. The van der Waals surface area contributed by atoms with Gasteiger partial charge in [0.05, 0.1) is 5.41 Å². The van der Waals surface area contributed by atoms with Crippen LogP contribution in [0.5, 0.6) is 0 Å². The molecule has 1 saturated heterocycles. The summed E-state index contributed by atoms with van der Waals surface area (Å²) < 4.78 is 0. The number of nitrogens with two attached hydrogens (primary N) is 1. The van der Waals surface area contributed by atoms with Crippen LogP contribution in [0, 0.1) is 11.3 Å². The molecular formula is C18H27ClN2O. The van der Waals surface area contributed by atoms with Gasteiger partial charge in [0.15, 0.2) is 0 Å². The summed E-state index contributed by atoms with van der Waals surface area (Å²) >= 11 is 0. The molecule has 1 aliphatic carbocycles. The van der Waals surface area contributed by atoms with Crippen LogP contribution in [0.3, 0.4) is 0 Å². The Morgan fingerprint density at radius 3 is 2.68 bits per heavy atom. The predicted molar refractivity (Wildman–Crippen MR) is 92.2 cm³/mol. The average molecular weight is 323 g/mol. The zero-order valence-corrected chi connectivity index (χ0v) is 14.4. The Morgan fingerprint density at radius 1 is 1.36 bits per heavy atom. The second-order valence-corrected chi connectivity index (χ2v) is 7.15. The van der Waals surface area contributed by atoms with Crippen LogP contribution in [-0.2, 0) is 17.6 Å². The quantitative estimate of drug-likeness (QED) is 0.910. The number of amides is 1. The summed E-state index contributed by atoms with van der Waals surface area (Å²) in [7, 11) is 0. The molecular weight excluding hydrogens is 296 g/mol. The number of rotatable bonds is 2. The van der Waals surface area contributed by atoms with Crippen molar-refractivity contribution in [2.45, 2.75) is 45.6 Å². The van der Waals surface area contributed by atoms with Crippen LogP contribution in [0.2, 0.25) is 0 Å². The zero-order valence-electron chi connectivity index (χ0n) is 13.5. The number of hydrogen-bond acceptors (Lipinski definition) is 2. The molecule has 3 nitrogen and oxygen atoms in total. The van der Waals surface area contributed by atoms with Crippen molar-refractivity contribution < 1.29 is 4.79 Å². The Morgan fingerprint density at radius 2 is 2.05 bits per heavy atom. The van der Waals surface area contributed by atoms with Crippen LogP contribution in [0.25, 0.3) is 0 Å². The van der Waals surface area contributed by atoms with E-state index in [0.29, 0.717) is 24.4 Å². The summed E-state index contributed by atoms with van der Waals surface area (Å²) in [6.07, 6.45) is 3.90. The van der Waals surface area contributed by atoms with Crippen LogP contribution < -0.4 is 5.73 Å². The third kappa shape index (κ3) is 3.02. The van der Waals surface area contributed by atoms with E-state index < -0.39 is 0 Å². The highest BCUT2D eigenvalue weighted by Gasteiger charge is 2.43. The standard InChI is InChI=1S/C18H26N2O.ClH/c1-13-9-14(11-19)12-20(13)17(21)18(2)8-7-15-5-3-4-6-16(15)10-18;/h3-6,13-14H,7-12,19H2,1-2H3;1H. The smallest absolute Gasteiger partial charge is 0.229 e. The second-order valence-electron chi connectivity index (χ2n) is 7.15. The van der Waals surface area contributed by atoms with Gasteiger partial charge in [-0.2, -0.15) is 0 Å². The van der Waals surface area contributed by atoms with Crippen LogP contribution in [0.1, 0.15) is 37.8 Å². The first-order valence-electron chi connectivity index (χ1n) is 8.11. The lowest BCUT2D eigenvalue weighted by Gasteiger charge is -2.38. The molecule has 0 aromatic heterocycles. The van der Waals surface area contributed by atoms with Gasteiger partial charge in [-0.25, -0.2) is 0 Å². The first-order chi connectivity index (χ1) is 10.0. The molecule has 0 bridgehead atoms. The van der Waals surface area contributed by atoms with Gasteiger partial charge in [0.1, 0.15) is 0 Å². The van der Waals surface area contributed by atoms with E-state index in [2.05, 4.69) is 43.0 Å². The highest BCUT2D eigenvalue weighted by Crippen LogP contribution is 2.38. The van der Waals surface area contributed by atoms with E-state index in [9.17, 15) is 4.79 Å². The number of carbonyl (C=O) groups is 1. The van der Waals surface area contributed by atoms with Gasteiger partial charge in [-0.15, -0.1) is 12.4 Å². The van der Waals surface area contributed by atoms with Gasteiger partial charge in [0.25, 0.3) is 0 Å². The van der Waals surface area contributed by atoms with Gasteiger partial charge < -0.3 is 10.6 Å². The summed E-state index contributed by atoms with van der Waals surface area (Å²) in [5, 5.41) is 0. The van der Waals surface area contributed by atoms with E-state index in [1.54, 1.807) is 0 Å². The fraction of sp³-hybridized carbons (Fsp3) is 0.611. The topological polar surface area (TPSA) is 46.3 Å². The number of nitrogens with zero attached hydrogens (tertiary/aromatic N) is 1. The molecule has 22 heavy (non-hydrogen) atoms. The van der Waals surface area contributed by atoms with Crippen molar-refractivity contribution in [3.05, 3.63) is 35.4 Å². The maximum Gasteiger partial charge on any atom is 0.229 e. The summed E-state index contributed by atoms with van der Waals surface area (Å²) in [6.45, 7) is 5.84. The van der Waals surface area contributed by atoms with Crippen LogP contribution >= 0.6 is 12.4 Å². The molecule has 3 rings (SSSR count). The molecule has 1 aromatic carbocycles. The molecule has 2 N–H and O–H groups in total. The molecule has 1 aromatic rings. The van der Waals surface area contributed by atoms with Gasteiger partial charge in [-0.1, -0.05) is 31.2 Å². The minimum absolute atomic E-state index is 0. The molecule has 1 amide bonds. The number of fused-ring (bicyclic) bond motifs is 1. The first-order valence-corrected chi connectivity index (χ1v) is 8.11. The number of halogens is 1. The minimum atomic E-state index is -0.244. The fourth-order valence-corrected chi connectivity index (χ4v) is 4.02. The van der Waals surface area contributed by atoms with Gasteiger partial charge >= 0.3 is 0 Å². The molecule has 1 heterocycles. The number of hydrogen-bond donors (Lipinski definition) is 1. The van der Waals surface area contributed by atoms with Crippen molar-refractivity contribution in [1.29, 1.82) is 0 Å². The van der Waals surface area contributed by atoms with E-state index in [4.69, 9.17) is 5.73 Å².